The van der Waals surface area contributed by atoms with E-state index in [1.165, 1.54) is 30.5 Å². The first-order chi connectivity index (χ1) is 15.6. The highest BCUT2D eigenvalue weighted by Crippen LogP contribution is 2.32. The topological polar surface area (TPSA) is 83.6 Å². The van der Waals surface area contributed by atoms with Crippen LogP contribution in [0.2, 0.25) is 15.1 Å². The van der Waals surface area contributed by atoms with Crippen molar-refractivity contribution in [1.29, 1.82) is 0 Å². The van der Waals surface area contributed by atoms with Crippen LogP contribution in [0.5, 0.6) is 11.6 Å². The van der Waals surface area contributed by atoms with E-state index in [2.05, 4.69) is 19.9 Å². The Morgan fingerprint density at radius 1 is 1.00 bits per heavy atom. The molecule has 0 atom stereocenters. The predicted octanol–water partition coefficient (Wildman–Crippen LogP) is 5.29. The van der Waals surface area contributed by atoms with Gasteiger partial charge in [-0.05, 0) is 56.1 Å². The number of anilines is 1. The van der Waals surface area contributed by atoms with Gasteiger partial charge in [-0.1, -0.05) is 46.9 Å². The summed E-state index contributed by atoms with van der Waals surface area (Å²) in [4.78, 5) is 6.18. The van der Waals surface area contributed by atoms with Crippen molar-refractivity contribution in [3.05, 3.63) is 75.4 Å². The maximum Gasteiger partial charge on any atom is 0.262 e. The van der Waals surface area contributed by atoms with Gasteiger partial charge in [0.15, 0.2) is 0 Å². The molecule has 0 bridgehead atoms. The molecule has 0 radical (unpaired) electrons. The summed E-state index contributed by atoms with van der Waals surface area (Å²) in [7, 11) is 0.0574. The predicted molar refractivity (Wildman–Crippen MR) is 133 cm³/mol. The second kappa shape index (κ2) is 11.4. The molecule has 0 spiro atoms. The van der Waals surface area contributed by atoms with Crippen molar-refractivity contribution in [2.24, 2.45) is 0 Å². The number of sulfonamides is 1. The number of rotatable bonds is 10. The van der Waals surface area contributed by atoms with Crippen molar-refractivity contribution in [3.63, 3.8) is 0 Å². The van der Waals surface area contributed by atoms with Gasteiger partial charge < -0.3 is 15.0 Å². The van der Waals surface area contributed by atoms with Gasteiger partial charge in [0.25, 0.3) is 10.0 Å². The minimum Gasteiger partial charge on any atom is -0.437 e. The monoisotopic (exact) mass is 528 g/mol. The molecule has 3 aromatic rings. The molecular formula is C22H23Cl3N4O3S. The fraction of sp³-hybridized carbons (Fsp3) is 0.227. The Labute approximate surface area is 208 Å². The standard InChI is InChI=1S/C22H23Cl3N4O3S/c1-29(2)10-9-26-13-15-3-5-17(6-4-15)32-22-21(11-16(23)14-27-22)28-33(30,31)18-7-8-19(24)20(25)12-18/h3-8,11-12,14,26,28H,9-10,13H2,1-2H3. The van der Waals surface area contributed by atoms with Crippen LogP contribution in [0.4, 0.5) is 5.69 Å². The maximum absolute atomic E-state index is 12.8. The van der Waals surface area contributed by atoms with Crippen LogP contribution < -0.4 is 14.8 Å². The third-order valence-electron chi connectivity index (χ3n) is 4.47. The molecule has 33 heavy (non-hydrogen) atoms. The van der Waals surface area contributed by atoms with Crippen molar-refractivity contribution in [1.82, 2.24) is 15.2 Å². The highest BCUT2D eigenvalue weighted by molar-refractivity contribution is 7.92. The fourth-order valence-corrected chi connectivity index (χ4v) is 4.35. The zero-order valence-electron chi connectivity index (χ0n) is 18.0. The first-order valence-corrected chi connectivity index (χ1v) is 12.5. The number of ether oxygens (including phenoxy) is 1. The SMILES string of the molecule is CN(C)CCNCc1ccc(Oc2ncc(Cl)cc2NS(=O)(=O)c2ccc(Cl)c(Cl)c2)cc1. The Morgan fingerprint density at radius 3 is 2.39 bits per heavy atom. The lowest BCUT2D eigenvalue weighted by atomic mass is 10.2. The molecule has 0 fully saturated rings. The summed E-state index contributed by atoms with van der Waals surface area (Å²) in [5, 5.41) is 3.98. The van der Waals surface area contributed by atoms with Gasteiger partial charge in [-0.15, -0.1) is 0 Å². The van der Waals surface area contributed by atoms with Crippen molar-refractivity contribution >= 4 is 50.5 Å². The molecule has 2 N–H and O–H groups in total. The average Bonchev–Trinajstić information content (AvgIpc) is 2.75. The molecule has 176 valence electrons. The van der Waals surface area contributed by atoms with E-state index in [1.807, 2.05) is 26.2 Å². The molecule has 1 heterocycles. The van der Waals surface area contributed by atoms with Crippen LogP contribution >= 0.6 is 34.8 Å². The minimum absolute atomic E-state index is 0.0555. The summed E-state index contributed by atoms with van der Waals surface area (Å²) in [6.45, 7) is 2.55. The number of nitrogens with one attached hydrogen (secondary N) is 2. The van der Waals surface area contributed by atoms with E-state index in [-0.39, 0.29) is 31.5 Å². The molecule has 0 aliphatic rings. The number of hydrogen-bond donors (Lipinski definition) is 2. The Morgan fingerprint density at radius 2 is 1.73 bits per heavy atom. The van der Waals surface area contributed by atoms with Crippen LogP contribution in [0.1, 0.15) is 5.56 Å². The summed E-state index contributed by atoms with van der Waals surface area (Å²) >= 11 is 17.9. The third kappa shape index (κ3) is 7.46. The number of aromatic nitrogens is 1. The zero-order valence-corrected chi connectivity index (χ0v) is 21.1. The lowest BCUT2D eigenvalue weighted by Gasteiger charge is -2.14. The first-order valence-electron chi connectivity index (χ1n) is 9.90. The van der Waals surface area contributed by atoms with E-state index in [0.717, 1.165) is 25.2 Å². The zero-order chi connectivity index (χ0) is 24.0. The lowest BCUT2D eigenvalue weighted by Crippen LogP contribution is -2.26. The highest BCUT2D eigenvalue weighted by atomic mass is 35.5. The van der Waals surface area contributed by atoms with Gasteiger partial charge in [-0.3, -0.25) is 4.72 Å². The van der Waals surface area contributed by atoms with Crippen molar-refractivity contribution in [2.45, 2.75) is 11.4 Å². The fourth-order valence-electron chi connectivity index (χ4n) is 2.75. The van der Waals surface area contributed by atoms with Gasteiger partial charge >= 0.3 is 0 Å². The Balaban J connectivity index is 1.74. The number of halogens is 3. The minimum atomic E-state index is -3.99. The van der Waals surface area contributed by atoms with Crippen molar-refractivity contribution in [3.8, 4) is 11.6 Å². The van der Waals surface area contributed by atoms with Gasteiger partial charge in [-0.25, -0.2) is 13.4 Å². The largest absolute Gasteiger partial charge is 0.437 e. The Hall–Kier alpha value is -2.07. The summed E-state index contributed by atoms with van der Waals surface area (Å²) in [5.41, 5.74) is 1.17. The number of pyridine rings is 1. The van der Waals surface area contributed by atoms with Crippen LogP contribution in [-0.4, -0.2) is 45.5 Å². The molecule has 0 amide bonds. The van der Waals surface area contributed by atoms with Gasteiger partial charge in [0.2, 0.25) is 5.88 Å². The Kier molecular flexibility index (Phi) is 8.81. The van der Waals surface area contributed by atoms with Crippen LogP contribution in [0.3, 0.4) is 0 Å². The van der Waals surface area contributed by atoms with Gasteiger partial charge in [0.05, 0.1) is 20.0 Å². The van der Waals surface area contributed by atoms with Crippen LogP contribution in [-0.2, 0) is 16.6 Å². The summed E-state index contributed by atoms with van der Waals surface area (Å²) < 4.78 is 34.0. The number of likely N-dealkylation sites (N-methyl/N-ethyl adjacent to an activating group) is 1. The molecular weight excluding hydrogens is 507 g/mol. The van der Waals surface area contributed by atoms with Gasteiger partial charge in [0, 0.05) is 25.8 Å². The van der Waals surface area contributed by atoms with E-state index < -0.39 is 10.0 Å². The second-order valence-electron chi connectivity index (χ2n) is 7.41. The molecule has 1 aromatic heterocycles. The number of hydrogen-bond acceptors (Lipinski definition) is 6. The molecule has 0 saturated heterocycles. The molecule has 0 aliphatic carbocycles. The highest BCUT2D eigenvalue weighted by Gasteiger charge is 2.19. The van der Waals surface area contributed by atoms with Crippen molar-refractivity contribution < 1.29 is 13.2 Å². The lowest BCUT2D eigenvalue weighted by molar-refractivity contribution is 0.400. The summed E-state index contributed by atoms with van der Waals surface area (Å²) in [6.07, 6.45) is 1.37. The molecule has 0 unspecified atom stereocenters. The molecule has 11 heteroatoms. The molecule has 2 aromatic carbocycles. The molecule has 7 nitrogen and oxygen atoms in total. The van der Waals surface area contributed by atoms with Gasteiger partial charge in [-0.2, -0.15) is 0 Å². The van der Waals surface area contributed by atoms with Crippen LogP contribution in [0.15, 0.2) is 59.6 Å². The van der Waals surface area contributed by atoms with E-state index in [4.69, 9.17) is 39.5 Å². The van der Waals surface area contributed by atoms with E-state index in [9.17, 15) is 8.42 Å². The van der Waals surface area contributed by atoms with E-state index in [1.54, 1.807) is 12.1 Å². The Bertz CT molecular complexity index is 1210. The summed E-state index contributed by atoms with van der Waals surface area (Å²) in [6, 6.07) is 12.9. The first kappa shape index (κ1) is 25.6. The quantitative estimate of drug-likeness (QED) is 0.347. The molecule has 3 rings (SSSR count). The normalized spacial score (nSPS) is 11.6. The van der Waals surface area contributed by atoms with Gasteiger partial charge in [0.1, 0.15) is 11.4 Å². The average molecular weight is 530 g/mol. The molecule has 0 aliphatic heterocycles. The second-order valence-corrected chi connectivity index (χ2v) is 10.3. The van der Waals surface area contributed by atoms with Crippen molar-refractivity contribution in [2.75, 3.05) is 31.9 Å². The third-order valence-corrected chi connectivity index (χ3v) is 6.78. The summed E-state index contributed by atoms with van der Waals surface area (Å²) in [5.74, 6) is 0.553. The van der Waals surface area contributed by atoms with E-state index >= 15 is 0 Å². The number of benzene rings is 2. The number of nitrogens with zero attached hydrogens (tertiary/aromatic N) is 2. The smallest absolute Gasteiger partial charge is 0.262 e. The molecule has 0 saturated carbocycles. The van der Waals surface area contributed by atoms with Crippen LogP contribution in [0, 0.1) is 0 Å². The van der Waals surface area contributed by atoms with Crippen LogP contribution in [0.25, 0.3) is 0 Å². The van der Waals surface area contributed by atoms with E-state index in [0.29, 0.717) is 5.75 Å². The maximum atomic E-state index is 12.8.